The zero-order chi connectivity index (χ0) is 13.8. The van der Waals surface area contributed by atoms with Crippen LogP contribution in [0.25, 0.3) is 0 Å². The number of fused-ring (bicyclic) bond motifs is 1. The summed E-state index contributed by atoms with van der Waals surface area (Å²) in [6, 6.07) is 0. The molecule has 5 atom stereocenters. The van der Waals surface area contributed by atoms with E-state index >= 15 is 0 Å². The van der Waals surface area contributed by atoms with Crippen LogP contribution in [-0.4, -0.2) is 35.5 Å². The van der Waals surface area contributed by atoms with Crippen molar-refractivity contribution in [3.63, 3.8) is 0 Å². The van der Waals surface area contributed by atoms with Crippen molar-refractivity contribution >= 4 is 28.6 Å². The molecular formula is C14H21IO4. The van der Waals surface area contributed by atoms with Gasteiger partial charge in [0.05, 0.1) is 0 Å². The summed E-state index contributed by atoms with van der Waals surface area (Å²) in [5.74, 6) is 0.360. The Morgan fingerprint density at radius 2 is 2.05 bits per heavy atom. The zero-order valence-corrected chi connectivity index (χ0v) is 13.5. The Morgan fingerprint density at radius 3 is 2.63 bits per heavy atom. The Morgan fingerprint density at radius 1 is 1.37 bits per heavy atom. The second-order valence-electron chi connectivity index (χ2n) is 5.00. The summed E-state index contributed by atoms with van der Waals surface area (Å²) in [4.78, 5) is 11.3. The number of rotatable bonds is 4. The van der Waals surface area contributed by atoms with Crippen LogP contribution in [0, 0.1) is 11.8 Å². The SMILES string of the molecule is CCOC1OC(CI)C(OC(C)=O)C2CC=CCC12. The van der Waals surface area contributed by atoms with E-state index < -0.39 is 0 Å². The first-order valence-electron chi connectivity index (χ1n) is 6.82. The van der Waals surface area contributed by atoms with Crippen molar-refractivity contribution in [2.24, 2.45) is 11.8 Å². The summed E-state index contributed by atoms with van der Waals surface area (Å²) in [5, 5.41) is 0. The van der Waals surface area contributed by atoms with Crippen LogP contribution in [0.4, 0.5) is 0 Å². The standard InChI is InChI=1S/C14H21IO4/c1-3-17-14-11-7-5-4-6-10(11)13(18-9(2)16)12(8-15)19-14/h4-5,10-14H,3,6-8H2,1-2H3. The smallest absolute Gasteiger partial charge is 0.303 e. The first-order chi connectivity index (χ1) is 9.17. The molecule has 108 valence electrons. The largest absolute Gasteiger partial charge is 0.459 e. The van der Waals surface area contributed by atoms with E-state index in [9.17, 15) is 4.79 Å². The van der Waals surface area contributed by atoms with Crippen LogP contribution in [-0.2, 0) is 19.0 Å². The molecule has 1 fully saturated rings. The maximum absolute atomic E-state index is 11.3. The number of ether oxygens (including phenoxy) is 3. The third kappa shape index (κ3) is 3.49. The Bertz CT molecular complexity index is 344. The van der Waals surface area contributed by atoms with Gasteiger partial charge in [-0.15, -0.1) is 0 Å². The van der Waals surface area contributed by atoms with E-state index in [2.05, 4.69) is 34.7 Å². The topological polar surface area (TPSA) is 44.8 Å². The van der Waals surface area contributed by atoms with Gasteiger partial charge < -0.3 is 14.2 Å². The van der Waals surface area contributed by atoms with Gasteiger partial charge in [0.2, 0.25) is 0 Å². The molecule has 1 aliphatic carbocycles. The molecule has 5 unspecified atom stereocenters. The van der Waals surface area contributed by atoms with Crippen LogP contribution in [0.15, 0.2) is 12.2 Å². The maximum atomic E-state index is 11.3. The van der Waals surface area contributed by atoms with E-state index in [1.807, 2.05) is 6.92 Å². The molecule has 5 heteroatoms. The molecule has 0 N–H and O–H groups in total. The van der Waals surface area contributed by atoms with E-state index in [-0.39, 0.29) is 30.4 Å². The molecular weight excluding hydrogens is 359 g/mol. The molecule has 0 amide bonds. The van der Waals surface area contributed by atoms with Crippen molar-refractivity contribution < 1.29 is 19.0 Å². The number of hydrogen-bond acceptors (Lipinski definition) is 4. The number of allylic oxidation sites excluding steroid dienone is 2. The minimum absolute atomic E-state index is 0.0752. The minimum atomic E-state index is -0.230. The van der Waals surface area contributed by atoms with Crippen LogP contribution in [0.1, 0.15) is 26.7 Å². The summed E-state index contributed by atoms with van der Waals surface area (Å²) in [7, 11) is 0. The second-order valence-corrected chi connectivity index (χ2v) is 5.88. The van der Waals surface area contributed by atoms with Gasteiger partial charge in [0.25, 0.3) is 0 Å². The van der Waals surface area contributed by atoms with Gasteiger partial charge in [-0.25, -0.2) is 0 Å². The van der Waals surface area contributed by atoms with E-state index in [1.165, 1.54) is 6.92 Å². The highest BCUT2D eigenvalue weighted by Gasteiger charge is 2.47. The minimum Gasteiger partial charge on any atom is -0.459 e. The molecule has 0 aromatic heterocycles. The quantitative estimate of drug-likeness (QED) is 0.326. The first kappa shape index (κ1) is 15.3. The monoisotopic (exact) mass is 380 g/mol. The van der Waals surface area contributed by atoms with Crippen LogP contribution >= 0.6 is 22.6 Å². The van der Waals surface area contributed by atoms with Crippen LogP contribution < -0.4 is 0 Å². The van der Waals surface area contributed by atoms with Crippen LogP contribution in [0.2, 0.25) is 0 Å². The number of alkyl halides is 1. The molecule has 1 saturated heterocycles. The molecule has 19 heavy (non-hydrogen) atoms. The van der Waals surface area contributed by atoms with Gasteiger partial charge in [-0.1, -0.05) is 34.7 Å². The van der Waals surface area contributed by atoms with E-state index in [1.54, 1.807) is 0 Å². The average Bonchev–Trinajstić information content (AvgIpc) is 2.41. The third-order valence-corrected chi connectivity index (χ3v) is 4.63. The number of carbonyl (C=O) groups excluding carboxylic acids is 1. The Balaban J connectivity index is 2.18. The molecule has 1 heterocycles. The zero-order valence-electron chi connectivity index (χ0n) is 11.4. The fraction of sp³-hybridized carbons (Fsp3) is 0.786. The molecule has 4 nitrogen and oxygen atoms in total. The fourth-order valence-corrected chi connectivity index (χ4v) is 3.69. The van der Waals surface area contributed by atoms with E-state index in [4.69, 9.17) is 14.2 Å². The van der Waals surface area contributed by atoms with Gasteiger partial charge in [0, 0.05) is 29.8 Å². The molecule has 2 rings (SSSR count). The van der Waals surface area contributed by atoms with Crippen molar-refractivity contribution in [1.82, 2.24) is 0 Å². The van der Waals surface area contributed by atoms with Gasteiger partial charge in [-0.05, 0) is 19.8 Å². The van der Waals surface area contributed by atoms with E-state index in [0.717, 1.165) is 17.3 Å². The van der Waals surface area contributed by atoms with Gasteiger partial charge in [-0.2, -0.15) is 0 Å². The summed E-state index contributed by atoms with van der Waals surface area (Å²) < 4.78 is 18.1. The lowest BCUT2D eigenvalue weighted by Gasteiger charge is -2.46. The Hall–Kier alpha value is -0.140. The Labute approximate surface area is 128 Å². The summed E-state index contributed by atoms with van der Waals surface area (Å²) in [6.45, 7) is 4.09. The van der Waals surface area contributed by atoms with Crippen LogP contribution in [0.5, 0.6) is 0 Å². The normalized spacial score (nSPS) is 37.7. The summed E-state index contributed by atoms with van der Waals surface area (Å²) in [5.41, 5.74) is 0. The lowest BCUT2D eigenvalue weighted by atomic mass is 9.75. The van der Waals surface area contributed by atoms with Gasteiger partial charge in [0.15, 0.2) is 6.29 Å². The summed E-state index contributed by atoms with van der Waals surface area (Å²) >= 11 is 2.28. The molecule has 0 aromatic rings. The predicted molar refractivity (Wildman–Crippen MR) is 80.1 cm³/mol. The van der Waals surface area contributed by atoms with Gasteiger partial charge >= 0.3 is 5.97 Å². The molecule has 0 saturated carbocycles. The molecule has 0 radical (unpaired) electrons. The number of esters is 1. The lowest BCUT2D eigenvalue weighted by molar-refractivity contribution is -0.265. The van der Waals surface area contributed by atoms with Crippen molar-refractivity contribution in [1.29, 1.82) is 0 Å². The van der Waals surface area contributed by atoms with Gasteiger partial charge in [0.1, 0.15) is 12.2 Å². The predicted octanol–water partition coefficient (Wildman–Crippen LogP) is 2.70. The summed E-state index contributed by atoms with van der Waals surface area (Å²) in [6.07, 6.45) is 5.81. The fourth-order valence-electron chi connectivity index (χ4n) is 2.98. The second kappa shape index (κ2) is 7.04. The highest BCUT2D eigenvalue weighted by Crippen LogP contribution is 2.40. The third-order valence-electron chi connectivity index (χ3n) is 3.77. The first-order valence-corrected chi connectivity index (χ1v) is 8.35. The average molecular weight is 380 g/mol. The molecule has 0 spiro atoms. The lowest BCUT2D eigenvalue weighted by Crippen LogP contribution is -2.54. The van der Waals surface area contributed by atoms with Crippen molar-refractivity contribution in [2.45, 2.75) is 45.2 Å². The molecule has 0 aromatic carbocycles. The van der Waals surface area contributed by atoms with Crippen molar-refractivity contribution in [3.8, 4) is 0 Å². The maximum Gasteiger partial charge on any atom is 0.303 e. The number of carbonyl (C=O) groups is 1. The Kier molecular flexibility index (Phi) is 5.65. The number of halogens is 1. The number of hydrogen-bond donors (Lipinski definition) is 0. The highest BCUT2D eigenvalue weighted by atomic mass is 127. The van der Waals surface area contributed by atoms with Crippen molar-refractivity contribution in [2.75, 3.05) is 11.0 Å². The van der Waals surface area contributed by atoms with Crippen molar-refractivity contribution in [3.05, 3.63) is 12.2 Å². The highest BCUT2D eigenvalue weighted by molar-refractivity contribution is 14.1. The van der Waals surface area contributed by atoms with Gasteiger partial charge in [-0.3, -0.25) is 4.79 Å². The van der Waals surface area contributed by atoms with E-state index in [0.29, 0.717) is 12.5 Å². The molecule has 0 bridgehead atoms. The molecule has 1 aliphatic heterocycles. The molecule has 2 aliphatic rings. The van der Waals surface area contributed by atoms with Crippen LogP contribution in [0.3, 0.4) is 0 Å².